The summed E-state index contributed by atoms with van der Waals surface area (Å²) < 4.78 is 50.3. The summed E-state index contributed by atoms with van der Waals surface area (Å²) >= 11 is 0. The quantitative estimate of drug-likeness (QED) is 0.148. The number of rotatable bonds is 8. The summed E-state index contributed by atoms with van der Waals surface area (Å²) in [4.78, 5) is 0. The van der Waals surface area contributed by atoms with E-state index >= 15 is 0 Å². The normalized spacial score (nSPS) is 57.6. The summed E-state index contributed by atoms with van der Waals surface area (Å²) in [5, 5.41) is 95.8. The van der Waals surface area contributed by atoms with Gasteiger partial charge in [0.1, 0.15) is 67.1 Å². The summed E-state index contributed by atoms with van der Waals surface area (Å²) in [6.45, 7) is 10.4. The van der Waals surface area contributed by atoms with Gasteiger partial charge < -0.3 is 83.9 Å². The first kappa shape index (κ1) is 46.2. The van der Waals surface area contributed by atoms with Crippen LogP contribution in [0.1, 0.15) is 92.4 Å². The van der Waals surface area contributed by atoms with Crippen molar-refractivity contribution in [3.8, 4) is 0 Å². The Labute approximate surface area is 363 Å². The number of aliphatic hydroxyl groups is 9. The molecule has 8 fully saturated rings. The van der Waals surface area contributed by atoms with Crippen molar-refractivity contribution in [2.75, 3.05) is 19.8 Å². The van der Waals surface area contributed by atoms with E-state index in [4.69, 9.17) is 37.9 Å². The molecule has 354 valence electrons. The molecule has 26 atom stereocenters. The lowest BCUT2D eigenvalue weighted by Crippen LogP contribution is -2.67. The minimum absolute atomic E-state index is 0.0484. The fourth-order valence-corrected chi connectivity index (χ4v) is 14.0. The van der Waals surface area contributed by atoms with Crippen LogP contribution < -0.4 is 0 Å². The zero-order chi connectivity index (χ0) is 44.2. The third-order valence-corrected chi connectivity index (χ3v) is 17.7. The van der Waals surface area contributed by atoms with Crippen molar-refractivity contribution in [2.24, 2.45) is 46.3 Å². The fraction of sp³-hybridized carbons (Fsp3) is 0.956. The fourth-order valence-electron chi connectivity index (χ4n) is 14.0. The van der Waals surface area contributed by atoms with E-state index in [1.54, 1.807) is 0 Å². The molecule has 0 aromatic heterocycles. The summed E-state index contributed by atoms with van der Waals surface area (Å²) in [7, 11) is 0. The predicted molar refractivity (Wildman–Crippen MR) is 214 cm³/mol. The van der Waals surface area contributed by atoms with E-state index in [0.29, 0.717) is 48.3 Å². The Morgan fingerprint density at radius 3 is 2.03 bits per heavy atom. The SMILES string of the molecule is C[C@@H]1CCC2(OC1)OC1CC3C4CC=C5C[C@@H](O[C@@H]6O[C@H](CO)[C@@H](O)[C@H](O[C@@H]7O[C@H](CO)[C@@H](O)[C@H](O)[C@H]7O)[C@H]6O[C@H]6O[C@@H](C)[C@H](O)[C@@H](O)[C@H]6O)CC[C@]5(C)C4CC[C@]3(C)C1[C@@H]2C. The monoisotopic (exact) mass is 884 g/mol. The third-order valence-electron chi connectivity index (χ3n) is 17.7. The van der Waals surface area contributed by atoms with E-state index in [1.165, 1.54) is 12.5 Å². The molecule has 5 heterocycles. The molecule has 3 saturated carbocycles. The maximum Gasteiger partial charge on any atom is 0.187 e. The van der Waals surface area contributed by atoms with Gasteiger partial charge in [0.2, 0.25) is 0 Å². The van der Waals surface area contributed by atoms with E-state index < -0.39 is 117 Å². The minimum Gasteiger partial charge on any atom is -0.394 e. The summed E-state index contributed by atoms with van der Waals surface area (Å²) in [6.07, 6.45) is -12.4. The first-order valence-corrected chi connectivity index (χ1v) is 23.4. The first-order chi connectivity index (χ1) is 29.4. The smallest absolute Gasteiger partial charge is 0.187 e. The van der Waals surface area contributed by atoms with Gasteiger partial charge in [-0.1, -0.05) is 39.3 Å². The number of hydrogen-bond donors (Lipinski definition) is 9. The summed E-state index contributed by atoms with van der Waals surface area (Å²) in [6, 6.07) is 0. The minimum atomic E-state index is -1.84. The molecule has 0 amide bonds. The Morgan fingerprint density at radius 1 is 0.677 bits per heavy atom. The van der Waals surface area contributed by atoms with Crippen LogP contribution >= 0.6 is 0 Å². The van der Waals surface area contributed by atoms with Crippen LogP contribution in [-0.2, 0) is 37.9 Å². The number of ether oxygens (including phenoxy) is 8. The van der Waals surface area contributed by atoms with E-state index in [-0.39, 0.29) is 16.9 Å². The lowest BCUT2D eigenvalue weighted by atomic mass is 9.47. The van der Waals surface area contributed by atoms with E-state index in [9.17, 15) is 46.0 Å². The average Bonchev–Trinajstić information content (AvgIpc) is 3.70. The van der Waals surface area contributed by atoms with Crippen molar-refractivity contribution in [1.82, 2.24) is 0 Å². The molecule has 9 aliphatic rings. The molecule has 5 aliphatic heterocycles. The van der Waals surface area contributed by atoms with Crippen LogP contribution in [0.2, 0.25) is 0 Å². The zero-order valence-electron chi connectivity index (χ0n) is 36.6. The third kappa shape index (κ3) is 7.49. The van der Waals surface area contributed by atoms with E-state index in [0.717, 1.165) is 51.6 Å². The Morgan fingerprint density at radius 2 is 1.34 bits per heavy atom. The van der Waals surface area contributed by atoms with Gasteiger partial charge in [-0.25, -0.2) is 0 Å². The molecule has 4 aliphatic carbocycles. The molecular formula is C45H72O17. The van der Waals surface area contributed by atoms with Crippen LogP contribution in [0, 0.1) is 46.3 Å². The molecule has 0 bridgehead atoms. The van der Waals surface area contributed by atoms with Crippen LogP contribution in [0.4, 0.5) is 0 Å². The van der Waals surface area contributed by atoms with E-state index in [1.807, 2.05) is 0 Å². The Kier molecular flexibility index (Phi) is 12.9. The van der Waals surface area contributed by atoms with Gasteiger partial charge in [-0.15, -0.1) is 0 Å². The molecule has 6 unspecified atom stereocenters. The molecule has 5 saturated heterocycles. The van der Waals surface area contributed by atoms with Gasteiger partial charge in [-0.2, -0.15) is 0 Å². The van der Waals surface area contributed by atoms with Crippen LogP contribution in [0.5, 0.6) is 0 Å². The number of fused-ring (bicyclic) bond motifs is 7. The van der Waals surface area contributed by atoms with E-state index in [2.05, 4.69) is 33.8 Å². The van der Waals surface area contributed by atoms with Crippen LogP contribution in [0.25, 0.3) is 0 Å². The van der Waals surface area contributed by atoms with Crippen LogP contribution in [0.3, 0.4) is 0 Å². The van der Waals surface area contributed by atoms with Gasteiger partial charge >= 0.3 is 0 Å². The largest absolute Gasteiger partial charge is 0.394 e. The zero-order valence-corrected chi connectivity index (χ0v) is 36.6. The second kappa shape index (κ2) is 17.3. The van der Waals surface area contributed by atoms with Crippen molar-refractivity contribution in [2.45, 2.75) is 203 Å². The number of aliphatic hydroxyl groups excluding tert-OH is 9. The summed E-state index contributed by atoms with van der Waals surface area (Å²) in [5.41, 5.74) is 1.45. The highest BCUT2D eigenvalue weighted by Gasteiger charge is 2.69. The van der Waals surface area contributed by atoms with Gasteiger partial charge in [0.25, 0.3) is 0 Å². The second-order valence-electron chi connectivity index (χ2n) is 21.1. The van der Waals surface area contributed by atoms with Crippen LogP contribution in [-0.4, -0.2) is 176 Å². The highest BCUT2D eigenvalue weighted by atomic mass is 16.8. The van der Waals surface area contributed by atoms with Crippen LogP contribution in [0.15, 0.2) is 11.6 Å². The second-order valence-corrected chi connectivity index (χ2v) is 21.1. The van der Waals surface area contributed by atoms with Gasteiger partial charge in [0, 0.05) is 12.3 Å². The van der Waals surface area contributed by atoms with Crippen molar-refractivity contribution < 1.29 is 83.9 Å². The molecule has 9 rings (SSSR count). The molecular weight excluding hydrogens is 812 g/mol. The molecule has 0 aromatic carbocycles. The summed E-state index contributed by atoms with van der Waals surface area (Å²) in [5.74, 6) is 2.52. The Hall–Kier alpha value is -0.940. The topological polar surface area (TPSA) is 256 Å². The average molecular weight is 885 g/mol. The van der Waals surface area contributed by atoms with Gasteiger partial charge in [0.15, 0.2) is 24.7 Å². The molecule has 0 radical (unpaired) electrons. The molecule has 17 nitrogen and oxygen atoms in total. The highest BCUT2D eigenvalue weighted by molar-refractivity contribution is 5.26. The lowest BCUT2D eigenvalue weighted by Gasteiger charge is -2.59. The molecule has 0 aromatic rings. The Bertz CT molecular complexity index is 1610. The van der Waals surface area contributed by atoms with Crippen molar-refractivity contribution >= 4 is 0 Å². The lowest BCUT2D eigenvalue weighted by molar-refractivity contribution is -0.394. The predicted octanol–water partition coefficient (Wildman–Crippen LogP) is 0.214. The van der Waals surface area contributed by atoms with Crippen molar-refractivity contribution in [1.29, 1.82) is 0 Å². The molecule has 17 heteroatoms. The van der Waals surface area contributed by atoms with Gasteiger partial charge in [0.05, 0.1) is 38.1 Å². The molecule has 1 spiro atoms. The van der Waals surface area contributed by atoms with Crippen molar-refractivity contribution in [3.63, 3.8) is 0 Å². The van der Waals surface area contributed by atoms with Crippen molar-refractivity contribution in [3.05, 3.63) is 11.6 Å². The van der Waals surface area contributed by atoms with Gasteiger partial charge in [-0.05, 0) is 98.7 Å². The number of hydrogen-bond acceptors (Lipinski definition) is 17. The maximum atomic E-state index is 11.6. The number of allylic oxidation sites excluding steroid dienone is 1. The maximum absolute atomic E-state index is 11.6. The standard InChI is InChI=1S/C45H72O17/c1-19-8-13-45(55-18-19)20(2)30-27(62-45)15-26-24-7-6-22-14-23(9-11-43(22,4)25(24)10-12-44(26,30)5)57-42-39(61-40-36(53)34(51)31(48)21(3)56-40)38(33(50)29(17-47)59-42)60-41-37(54)35(52)32(49)28(16-46)58-41/h6,19-21,23-42,46-54H,7-18H2,1-5H3/t19-,20+,21+,23+,24?,25?,26?,27?,28-,29-,30?,31+,32-,33-,34-,35+,36-,37-,38+,39-,40-,41+,42-,43+,44+,45?/m1/s1. The molecule has 9 N–H and O–H groups in total. The first-order valence-electron chi connectivity index (χ1n) is 23.4. The molecule has 62 heavy (non-hydrogen) atoms. The van der Waals surface area contributed by atoms with Gasteiger partial charge in [-0.3, -0.25) is 0 Å². The Balaban J connectivity index is 0.940. The highest BCUT2D eigenvalue weighted by Crippen LogP contribution is 2.70.